The van der Waals surface area contributed by atoms with Gasteiger partial charge in [-0.2, -0.15) is 0 Å². The molecule has 0 spiro atoms. The van der Waals surface area contributed by atoms with Gasteiger partial charge in [-0.05, 0) is 12.1 Å². The van der Waals surface area contributed by atoms with Gasteiger partial charge in [0.2, 0.25) is 0 Å². The van der Waals surface area contributed by atoms with E-state index in [9.17, 15) is 20.0 Å². The lowest BCUT2D eigenvalue weighted by molar-refractivity contribution is -0.385. The molecule has 0 saturated carbocycles. The first-order valence-corrected chi connectivity index (χ1v) is 6.53. The topological polar surface area (TPSA) is 80.4 Å². The molecule has 0 saturated heterocycles. The Morgan fingerprint density at radius 3 is 2.43 bits per heavy atom. The zero-order valence-electron chi connectivity index (χ0n) is 11.5. The van der Waals surface area contributed by atoms with Crippen LogP contribution in [0.2, 0.25) is 0 Å². The van der Waals surface area contributed by atoms with Crippen LogP contribution in [0.1, 0.15) is 34.3 Å². The van der Waals surface area contributed by atoms with E-state index in [4.69, 9.17) is 0 Å². The highest BCUT2D eigenvalue weighted by Gasteiger charge is 2.21. The van der Waals surface area contributed by atoms with Gasteiger partial charge in [0.25, 0.3) is 5.69 Å². The van der Waals surface area contributed by atoms with Crippen LogP contribution in [-0.4, -0.2) is 22.4 Å². The fourth-order valence-corrected chi connectivity index (χ4v) is 2.11. The number of nitrogens with zero attached hydrogens (tertiary/aromatic N) is 1. The zero-order valence-corrected chi connectivity index (χ0v) is 11.5. The largest absolute Gasteiger partial charge is 0.396 e. The molecule has 2 aromatic rings. The standard InChI is InChI=1S/C16H15NO4/c1-11(10-18)14-9-13(7-8-15(14)17(20)21)16(19)12-5-3-2-4-6-12/h2-9,11,18H,10H2,1H3. The number of benzene rings is 2. The highest BCUT2D eigenvalue weighted by atomic mass is 16.6. The molecule has 1 N–H and O–H groups in total. The maximum absolute atomic E-state index is 12.4. The van der Waals surface area contributed by atoms with E-state index in [0.717, 1.165) is 0 Å². The number of nitro groups is 1. The van der Waals surface area contributed by atoms with Crippen LogP contribution in [0, 0.1) is 10.1 Å². The van der Waals surface area contributed by atoms with E-state index in [0.29, 0.717) is 16.7 Å². The third-order valence-electron chi connectivity index (χ3n) is 3.33. The SMILES string of the molecule is CC(CO)c1cc(C(=O)c2ccccc2)ccc1[N+](=O)[O-]. The number of ketones is 1. The van der Waals surface area contributed by atoms with E-state index in [1.54, 1.807) is 31.2 Å². The molecule has 0 amide bonds. The summed E-state index contributed by atoms with van der Waals surface area (Å²) < 4.78 is 0. The van der Waals surface area contributed by atoms with Crippen molar-refractivity contribution >= 4 is 11.5 Å². The van der Waals surface area contributed by atoms with Gasteiger partial charge >= 0.3 is 0 Å². The first kappa shape index (κ1) is 14.9. The van der Waals surface area contributed by atoms with E-state index in [1.807, 2.05) is 6.07 Å². The minimum absolute atomic E-state index is 0.0823. The minimum atomic E-state index is -0.502. The average molecular weight is 285 g/mol. The number of hydrogen-bond acceptors (Lipinski definition) is 4. The Bertz CT molecular complexity index is 667. The molecule has 0 aliphatic heterocycles. The zero-order chi connectivity index (χ0) is 15.4. The number of aliphatic hydroxyl groups excluding tert-OH is 1. The second-order valence-corrected chi connectivity index (χ2v) is 4.81. The summed E-state index contributed by atoms with van der Waals surface area (Å²) in [5.74, 6) is -0.606. The Morgan fingerprint density at radius 2 is 1.86 bits per heavy atom. The maximum atomic E-state index is 12.4. The van der Waals surface area contributed by atoms with E-state index >= 15 is 0 Å². The fraction of sp³-hybridized carbons (Fsp3) is 0.188. The summed E-state index contributed by atoms with van der Waals surface area (Å²) in [5.41, 5.74) is 1.18. The first-order chi connectivity index (χ1) is 10.0. The van der Waals surface area contributed by atoms with Gasteiger partial charge < -0.3 is 5.11 Å². The third kappa shape index (κ3) is 3.14. The summed E-state index contributed by atoms with van der Waals surface area (Å²) in [6.07, 6.45) is 0. The maximum Gasteiger partial charge on any atom is 0.272 e. The van der Waals surface area contributed by atoms with Crippen molar-refractivity contribution in [1.29, 1.82) is 0 Å². The van der Waals surface area contributed by atoms with Gasteiger partial charge in [-0.25, -0.2) is 0 Å². The number of nitro benzene ring substituents is 1. The molecule has 1 unspecified atom stereocenters. The average Bonchev–Trinajstić information content (AvgIpc) is 2.53. The quantitative estimate of drug-likeness (QED) is 0.520. The van der Waals surface area contributed by atoms with Crippen molar-refractivity contribution in [2.24, 2.45) is 0 Å². The fourth-order valence-electron chi connectivity index (χ4n) is 2.11. The smallest absolute Gasteiger partial charge is 0.272 e. The van der Waals surface area contributed by atoms with Crippen molar-refractivity contribution < 1.29 is 14.8 Å². The molecule has 0 bridgehead atoms. The van der Waals surface area contributed by atoms with Crippen molar-refractivity contribution in [3.05, 3.63) is 75.3 Å². The van der Waals surface area contributed by atoms with E-state index in [2.05, 4.69) is 0 Å². The van der Waals surface area contributed by atoms with Crippen LogP contribution in [0.3, 0.4) is 0 Å². The van der Waals surface area contributed by atoms with Crippen LogP contribution in [-0.2, 0) is 0 Å². The first-order valence-electron chi connectivity index (χ1n) is 6.53. The summed E-state index contributed by atoms with van der Waals surface area (Å²) in [6.45, 7) is 1.46. The summed E-state index contributed by atoms with van der Waals surface area (Å²) in [4.78, 5) is 22.9. The Hall–Kier alpha value is -2.53. The van der Waals surface area contributed by atoms with Crippen molar-refractivity contribution in [2.75, 3.05) is 6.61 Å². The van der Waals surface area contributed by atoms with Crippen LogP contribution in [0.5, 0.6) is 0 Å². The molecule has 2 aromatic carbocycles. The van der Waals surface area contributed by atoms with Gasteiger partial charge in [-0.1, -0.05) is 37.3 Å². The Morgan fingerprint density at radius 1 is 1.19 bits per heavy atom. The molecular weight excluding hydrogens is 270 g/mol. The van der Waals surface area contributed by atoms with Crippen molar-refractivity contribution in [3.63, 3.8) is 0 Å². The molecule has 5 heteroatoms. The Labute approximate surface area is 122 Å². The minimum Gasteiger partial charge on any atom is -0.396 e. The van der Waals surface area contributed by atoms with Gasteiger partial charge in [-0.3, -0.25) is 14.9 Å². The van der Waals surface area contributed by atoms with E-state index in [1.165, 1.54) is 18.2 Å². The lowest BCUT2D eigenvalue weighted by atomic mass is 9.94. The normalized spacial score (nSPS) is 11.9. The second-order valence-electron chi connectivity index (χ2n) is 4.81. The van der Waals surface area contributed by atoms with Crippen molar-refractivity contribution in [3.8, 4) is 0 Å². The number of rotatable bonds is 5. The lowest BCUT2D eigenvalue weighted by Gasteiger charge is -2.10. The van der Waals surface area contributed by atoms with Crippen LogP contribution < -0.4 is 0 Å². The molecule has 0 fully saturated rings. The summed E-state index contributed by atoms with van der Waals surface area (Å²) >= 11 is 0. The molecular formula is C16H15NO4. The van der Waals surface area contributed by atoms with Crippen molar-refractivity contribution in [2.45, 2.75) is 12.8 Å². The molecule has 108 valence electrons. The molecule has 0 aliphatic carbocycles. The van der Waals surface area contributed by atoms with Crippen LogP contribution >= 0.6 is 0 Å². The highest BCUT2D eigenvalue weighted by Crippen LogP contribution is 2.28. The predicted octanol–water partition coefficient (Wildman–Crippen LogP) is 2.92. The molecule has 0 heterocycles. The molecule has 0 radical (unpaired) electrons. The lowest BCUT2D eigenvalue weighted by Crippen LogP contribution is -2.07. The van der Waals surface area contributed by atoms with Crippen molar-refractivity contribution in [1.82, 2.24) is 0 Å². The summed E-state index contributed by atoms with van der Waals surface area (Å²) in [6, 6.07) is 13.0. The second kappa shape index (κ2) is 6.28. The molecule has 0 aliphatic rings. The monoisotopic (exact) mass is 285 g/mol. The van der Waals surface area contributed by atoms with Gasteiger partial charge in [0, 0.05) is 35.3 Å². The Balaban J connectivity index is 2.47. The van der Waals surface area contributed by atoms with Gasteiger partial charge in [0.1, 0.15) is 0 Å². The number of carbonyl (C=O) groups is 1. The molecule has 2 rings (SSSR count). The number of aliphatic hydroxyl groups is 1. The molecule has 1 atom stereocenters. The Kier molecular flexibility index (Phi) is 4.45. The van der Waals surface area contributed by atoms with Gasteiger partial charge in [0.05, 0.1) is 4.92 Å². The van der Waals surface area contributed by atoms with Crippen LogP contribution in [0.25, 0.3) is 0 Å². The van der Waals surface area contributed by atoms with E-state index < -0.39 is 10.8 Å². The van der Waals surface area contributed by atoms with E-state index in [-0.39, 0.29) is 18.1 Å². The summed E-state index contributed by atoms with van der Waals surface area (Å²) in [7, 11) is 0. The highest BCUT2D eigenvalue weighted by molar-refractivity contribution is 6.09. The molecule has 21 heavy (non-hydrogen) atoms. The van der Waals surface area contributed by atoms with Gasteiger partial charge in [0.15, 0.2) is 5.78 Å². The molecule has 0 aromatic heterocycles. The molecule has 5 nitrogen and oxygen atoms in total. The summed E-state index contributed by atoms with van der Waals surface area (Å²) in [5, 5.41) is 20.3. The number of carbonyl (C=O) groups excluding carboxylic acids is 1. The van der Waals surface area contributed by atoms with Gasteiger partial charge in [-0.15, -0.1) is 0 Å². The van der Waals surface area contributed by atoms with Crippen LogP contribution in [0.4, 0.5) is 5.69 Å². The van der Waals surface area contributed by atoms with Crippen LogP contribution in [0.15, 0.2) is 48.5 Å². The predicted molar refractivity (Wildman–Crippen MR) is 78.5 cm³/mol. The third-order valence-corrected chi connectivity index (χ3v) is 3.33. The number of hydrogen-bond donors (Lipinski definition) is 1.